The Labute approximate surface area is 161 Å². The summed E-state index contributed by atoms with van der Waals surface area (Å²) in [5.41, 5.74) is 3.59. The van der Waals surface area contributed by atoms with Crippen LogP contribution < -0.4 is 10.6 Å². The van der Waals surface area contributed by atoms with Gasteiger partial charge in [0.15, 0.2) is 5.96 Å². The van der Waals surface area contributed by atoms with E-state index in [-0.39, 0.29) is 35.8 Å². The van der Waals surface area contributed by atoms with E-state index in [2.05, 4.69) is 60.7 Å². The summed E-state index contributed by atoms with van der Waals surface area (Å²) in [6.45, 7) is 7.68. The lowest BCUT2D eigenvalue weighted by atomic mass is 10.0. The predicted molar refractivity (Wildman–Crippen MR) is 111 cm³/mol. The van der Waals surface area contributed by atoms with Crippen LogP contribution in [0.25, 0.3) is 0 Å². The zero-order valence-electron chi connectivity index (χ0n) is 14.4. The van der Waals surface area contributed by atoms with Crippen molar-refractivity contribution in [3.8, 4) is 5.75 Å². The molecule has 1 unspecified atom stereocenters. The largest absolute Gasteiger partial charge is 0.508 e. The van der Waals surface area contributed by atoms with Gasteiger partial charge >= 0.3 is 0 Å². The molecule has 0 aliphatic carbocycles. The molecule has 3 N–H and O–H groups in total. The summed E-state index contributed by atoms with van der Waals surface area (Å²) < 4.78 is 0. The van der Waals surface area contributed by atoms with Crippen LogP contribution in [-0.4, -0.2) is 17.6 Å². The maximum atomic E-state index is 9.33. The van der Waals surface area contributed by atoms with E-state index in [0.29, 0.717) is 6.54 Å². The molecule has 0 saturated heterocycles. The van der Waals surface area contributed by atoms with Crippen molar-refractivity contribution in [1.82, 2.24) is 10.6 Å². The first-order valence-corrected chi connectivity index (χ1v) is 7.98. The predicted octanol–water partition coefficient (Wildman–Crippen LogP) is 4.13. The van der Waals surface area contributed by atoms with Crippen molar-refractivity contribution in [2.45, 2.75) is 33.4 Å². The van der Waals surface area contributed by atoms with Crippen LogP contribution in [0.1, 0.15) is 36.6 Å². The van der Waals surface area contributed by atoms with E-state index >= 15 is 0 Å². The third-order valence-corrected chi connectivity index (χ3v) is 3.71. The van der Waals surface area contributed by atoms with Crippen molar-refractivity contribution in [3.05, 3.63) is 65.2 Å². The molecule has 2 aromatic carbocycles. The second kappa shape index (κ2) is 10.2. The molecule has 0 amide bonds. The average molecular weight is 439 g/mol. The lowest BCUT2D eigenvalue weighted by molar-refractivity contribution is 0.475. The van der Waals surface area contributed by atoms with Crippen molar-refractivity contribution in [2.75, 3.05) is 6.54 Å². The maximum Gasteiger partial charge on any atom is 0.192 e. The number of guanidine groups is 1. The van der Waals surface area contributed by atoms with Gasteiger partial charge in [0.2, 0.25) is 0 Å². The van der Waals surface area contributed by atoms with Crippen LogP contribution in [-0.2, 0) is 6.54 Å². The Hall–Kier alpha value is -1.76. The number of aromatic hydroxyl groups is 1. The van der Waals surface area contributed by atoms with Crippen LogP contribution in [0.3, 0.4) is 0 Å². The SMILES string of the molecule is CCNC(=NCc1ccc(O)cc1)NC(C)c1ccccc1C.I. The Kier molecular flexibility index (Phi) is 8.60. The van der Waals surface area contributed by atoms with Gasteiger partial charge in [-0.25, -0.2) is 4.99 Å². The maximum absolute atomic E-state index is 9.33. The van der Waals surface area contributed by atoms with Crippen LogP contribution in [0.2, 0.25) is 0 Å². The molecule has 1 atom stereocenters. The number of aliphatic imine (C=N–C) groups is 1. The molecule has 0 fully saturated rings. The molecule has 130 valence electrons. The zero-order valence-corrected chi connectivity index (χ0v) is 16.7. The summed E-state index contributed by atoms with van der Waals surface area (Å²) in [5, 5.41) is 16.0. The summed E-state index contributed by atoms with van der Waals surface area (Å²) >= 11 is 0. The van der Waals surface area contributed by atoms with Gasteiger partial charge in [0, 0.05) is 6.54 Å². The number of hydrogen-bond acceptors (Lipinski definition) is 2. The number of aryl methyl sites for hydroxylation is 1. The molecule has 0 bridgehead atoms. The zero-order chi connectivity index (χ0) is 16.7. The fourth-order valence-electron chi connectivity index (χ4n) is 2.45. The van der Waals surface area contributed by atoms with Crippen molar-refractivity contribution in [3.63, 3.8) is 0 Å². The molecule has 2 aromatic rings. The smallest absolute Gasteiger partial charge is 0.192 e. The van der Waals surface area contributed by atoms with Crippen molar-refractivity contribution < 1.29 is 5.11 Å². The lowest BCUT2D eigenvalue weighted by Crippen LogP contribution is -2.38. The van der Waals surface area contributed by atoms with E-state index in [1.807, 2.05) is 12.1 Å². The van der Waals surface area contributed by atoms with Crippen LogP contribution in [0.5, 0.6) is 5.75 Å². The Morgan fingerprint density at radius 3 is 2.42 bits per heavy atom. The minimum absolute atomic E-state index is 0. The van der Waals surface area contributed by atoms with Crippen LogP contribution >= 0.6 is 24.0 Å². The number of hydrogen-bond donors (Lipinski definition) is 3. The first kappa shape index (κ1) is 20.3. The molecule has 0 aliphatic rings. The van der Waals surface area contributed by atoms with E-state index in [9.17, 15) is 5.11 Å². The fraction of sp³-hybridized carbons (Fsp3) is 0.316. The molecule has 0 radical (unpaired) electrons. The van der Waals surface area contributed by atoms with Gasteiger partial charge in [-0.15, -0.1) is 24.0 Å². The molecule has 0 spiro atoms. The molecule has 0 aromatic heterocycles. The van der Waals surface area contributed by atoms with Crippen molar-refractivity contribution in [2.24, 2.45) is 4.99 Å². The topological polar surface area (TPSA) is 56.7 Å². The number of nitrogens with one attached hydrogen (secondary N) is 2. The molecule has 5 heteroatoms. The minimum atomic E-state index is 0. The number of phenolic OH excluding ortho intramolecular Hbond substituents is 1. The minimum Gasteiger partial charge on any atom is -0.508 e. The summed E-state index contributed by atoms with van der Waals surface area (Å²) in [5.74, 6) is 1.06. The molecule has 0 aliphatic heterocycles. The second-order valence-electron chi connectivity index (χ2n) is 5.58. The number of phenols is 1. The molecule has 0 saturated carbocycles. The molecule has 0 heterocycles. The highest BCUT2D eigenvalue weighted by Crippen LogP contribution is 2.16. The van der Waals surface area contributed by atoms with Crippen LogP contribution in [0.4, 0.5) is 0 Å². The lowest BCUT2D eigenvalue weighted by Gasteiger charge is -2.19. The number of benzene rings is 2. The fourth-order valence-corrected chi connectivity index (χ4v) is 2.45. The van der Waals surface area contributed by atoms with E-state index in [1.165, 1.54) is 11.1 Å². The molecular formula is C19H26IN3O. The van der Waals surface area contributed by atoms with Gasteiger partial charge < -0.3 is 15.7 Å². The van der Waals surface area contributed by atoms with E-state index < -0.39 is 0 Å². The highest BCUT2D eigenvalue weighted by atomic mass is 127. The van der Waals surface area contributed by atoms with Gasteiger partial charge in [-0.05, 0) is 49.6 Å². The van der Waals surface area contributed by atoms with Gasteiger partial charge in [0.1, 0.15) is 5.75 Å². The summed E-state index contributed by atoms with van der Waals surface area (Å²) in [6, 6.07) is 15.7. The molecule has 4 nitrogen and oxygen atoms in total. The number of halogens is 1. The Balaban J connectivity index is 0.00000288. The number of rotatable bonds is 5. The van der Waals surface area contributed by atoms with E-state index in [1.54, 1.807) is 12.1 Å². The molecular weight excluding hydrogens is 413 g/mol. The summed E-state index contributed by atoms with van der Waals surface area (Å²) in [7, 11) is 0. The number of nitrogens with zero attached hydrogens (tertiary/aromatic N) is 1. The average Bonchev–Trinajstić information content (AvgIpc) is 2.54. The first-order chi connectivity index (χ1) is 11.1. The van der Waals surface area contributed by atoms with Crippen LogP contribution in [0.15, 0.2) is 53.5 Å². The quantitative estimate of drug-likeness (QED) is 0.373. The highest BCUT2D eigenvalue weighted by Gasteiger charge is 2.09. The monoisotopic (exact) mass is 439 g/mol. The third kappa shape index (κ3) is 6.03. The Bertz CT molecular complexity index is 656. The third-order valence-electron chi connectivity index (χ3n) is 3.71. The standard InChI is InChI=1S/C19H25N3O.HI/c1-4-20-19(21-13-16-9-11-17(23)12-10-16)22-15(3)18-8-6-5-7-14(18)2;/h5-12,15,23H,4,13H2,1-3H3,(H2,20,21,22);1H. The van der Waals surface area contributed by atoms with E-state index in [0.717, 1.165) is 18.1 Å². The van der Waals surface area contributed by atoms with Crippen LogP contribution in [0, 0.1) is 6.92 Å². The first-order valence-electron chi connectivity index (χ1n) is 7.98. The Morgan fingerprint density at radius 2 is 1.79 bits per heavy atom. The van der Waals surface area contributed by atoms with Gasteiger partial charge in [-0.1, -0.05) is 36.4 Å². The molecule has 24 heavy (non-hydrogen) atoms. The second-order valence-corrected chi connectivity index (χ2v) is 5.58. The van der Waals surface area contributed by atoms with Gasteiger partial charge in [0.05, 0.1) is 12.6 Å². The normalized spacial score (nSPS) is 12.2. The summed E-state index contributed by atoms with van der Waals surface area (Å²) in [6.07, 6.45) is 0. The van der Waals surface area contributed by atoms with Crippen molar-refractivity contribution in [1.29, 1.82) is 0 Å². The van der Waals surface area contributed by atoms with Gasteiger partial charge in [0.25, 0.3) is 0 Å². The van der Waals surface area contributed by atoms with Gasteiger partial charge in [-0.2, -0.15) is 0 Å². The van der Waals surface area contributed by atoms with Gasteiger partial charge in [-0.3, -0.25) is 0 Å². The van der Waals surface area contributed by atoms with Crippen molar-refractivity contribution >= 4 is 29.9 Å². The summed E-state index contributed by atoms with van der Waals surface area (Å²) in [4.78, 5) is 4.62. The molecule has 2 rings (SSSR count). The highest BCUT2D eigenvalue weighted by molar-refractivity contribution is 14.0. The Morgan fingerprint density at radius 1 is 1.12 bits per heavy atom. The van der Waals surface area contributed by atoms with E-state index in [4.69, 9.17) is 0 Å².